The van der Waals surface area contributed by atoms with Crippen molar-refractivity contribution >= 4 is 0 Å². The van der Waals surface area contributed by atoms with E-state index in [0.717, 1.165) is 6.42 Å². The molecule has 0 fully saturated rings. The van der Waals surface area contributed by atoms with Gasteiger partial charge >= 0.3 is 0 Å². The molecule has 2 aromatic rings. The van der Waals surface area contributed by atoms with Gasteiger partial charge in [0.05, 0.1) is 5.76 Å². The van der Waals surface area contributed by atoms with Gasteiger partial charge in [-0.15, -0.1) is 0 Å². The maximum absolute atomic E-state index is 9.63. The lowest BCUT2D eigenvalue weighted by Gasteiger charge is -2.27. The highest BCUT2D eigenvalue weighted by Crippen LogP contribution is 2.21. The monoisotopic (exact) mass is 351 g/mol. The fourth-order valence-electron chi connectivity index (χ4n) is 2.83. The van der Waals surface area contributed by atoms with Crippen LogP contribution in [0.25, 0.3) is 11.1 Å². The van der Waals surface area contributed by atoms with Crippen LogP contribution in [-0.4, -0.2) is 16.7 Å². The van der Waals surface area contributed by atoms with Crippen molar-refractivity contribution in [2.75, 3.05) is 0 Å². The lowest BCUT2D eigenvalue weighted by atomic mass is 9.99. The summed E-state index contributed by atoms with van der Waals surface area (Å²) in [5, 5.41) is 12.9. The summed E-state index contributed by atoms with van der Waals surface area (Å²) in [7, 11) is 0. The van der Waals surface area contributed by atoms with Crippen LogP contribution in [0.15, 0.2) is 79.4 Å². The number of aliphatic hydroxyl groups is 1. The Kier molecular flexibility index (Phi) is 6.51. The number of benzene rings is 2. The molecule has 26 heavy (non-hydrogen) atoms. The highest BCUT2D eigenvalue weighted by molar-refractivity contribution is 5.63. The van der Waals surface area contributed by atoms with E-state index in [4.69, 9.17) is 4.74 Å². The van der Waals surface area contributed by atoms with Crippen molar-refractivity contribution in [3.63, 3.8) is 0 Å². The van der Waals surface area contributed by atoms with E-state index in [-0.39, 0.29) is 17.4 Å². The van der Waals surface area contributed by atoms with Crippen LogP contribution in [0, 0.1) is 0 Å². The van der Waals surface area contributed by atoms with Crippen LogP contribution in [0.5, 0.6) is 0 Å². The maximum Gasteiger partial charge on any atom is 0.180 e. The van der Waals surface area contributed by atoms with E-state index in [1.165, 1.54) is 16.7 Å². The molecule has 1 unspecified atom stereocenters. The Morgan fingerprint density at radius 3 is 2.12 bits per heavy atom. The molecule has 0 radical (unpaired) electrons. The largest absolute Gasteiger partial charge is 0.513 e. The first kappa shape index (κ1) is 19.6. The molecule has 2 aromatic carbocycles. The van der Waals surface area contributed by atoms with Gasteiger partial charge in [-0.2, -0.15) is 0 Å². The molecular formula is C23H29NO2. The van der Waals surface area contributed by atoms with Gasteiger partial charge in [0.2, 0.25) is 0 Å². The van der Waals surface area contributed by atoms with Gasteiger partial charge in [0.15, 0.2) is 5.88 Å². The Hall–Kier alpha value is -2.68. The Balaban J connectivity index is 2.05. The van der Waals surface area contributed by atoms with Gasteiger partial charge in [0.25, 0.3) is 0 Å². The van der Waals surface area contributed by atoms with Crippen LogP contribution in [0.3, 0.4) is 0 Å². The van der Waals surface area contributed by atoms with Crippen LogP contribution < -0.4 is 5.32 Å². The van der Waals surface area contributed by atoms with E-state index in [1.54, 1.807) is 0 Å². The van der Waals surface area contributed by atoms with Crippen molar-refractivity contribution in [1.29, 1.82) is 0 Å². The average Bonchev–Trinajstić information content (AvgIpc) is 2.54. The number of aliphatic hydroxyl groups excluding tert-OH is 1. The van der Waals surface area contributed by atoms with Crippen LogP contribution in [-0.2, 0) is 11.2 Å². The van der Waals surface area contributed by atoms with Gasteiger partial charge in [-0.1, -0.05) is 61.2 Å². The third-order valence-corrected chi connectivity index (χ3v) is 3.82. The van der Waals surface area contributed by atoms with Gasteiger partial charge in [-0.25, -0.2) is 0 Å². The second kappa shape index (κ2) is 8.61. The molecule has 0 aliphatic rings. The minimum atomic E-state index is -0.317. The molecule has 0 aliphatic carbocycles. The van der Waals surface area contributed by atoms with E-state index in [1.807, 2.05) is 39.0 Å². The van der Waals surface area contributed by atoms with Crippen molar-refractivity contribution in [2.24, 2.45) is 0 Å². The Bertz CT molecular complexity index is 727. The van der Waals surface area contributed by atoms with Gasteiger partial charge in [0, 0.05) is 12.5 Å². The SMILES string of the molecule is C=C(O)CC(Cc1ccc(-c2ccccc2)cc1)NC(=C)OC(C)(C)C. The van der Waals surface area contributed by atoms with Crippen LogP contribution in [0.2, 0.25) is 0 Å². The van der Waals surface area contributed by atoms with E-state index in [2.05, 4.69) is 54.9 Å². The van der Waals surface area contributed by atoms with Crippen LogP contribution in [0.4, 0.5) is 0 Å². The molecular weight excluding hydrogens is 322 g/mol. The minimum absolute atomic E-state index is 0.0371. The van der Waals surface area contributed by atoms with Gasteiger partial charge in [-0.3, -0.25) is 0 Å². The summed E-state index contributed by atoms with van der Waals surface area (Å²) in [6.45, 7) is 13.5. The Labute approximate surface area is 157 Å². The quantitative estimate of drug-likeness (QED) is 0.608. The number of ether oxygens (including phenoxy) is 1. The van der Waals surface area contributed by atoms with E-state index in [9.17, 15) is 5.11 Å². The predicted molar refractivity (Wildman–Crippen MR) is 109 cm³/mol. The number of hydrogen-bond donors (Lipinski definition) is 2. The molecule has 0 amide bonds. The Morgan fingerprint density at radius 2 is 1.58 bits per heavy atom. The smallest absolute Gasteiger partial charge is 0.180 e. The summed E-state index contributed by atoms with van der Waals surface area (Å²) < 4.78 is 5.75. The van der Waals surface area contributed by atoms with Crippen LogP contribution >= 0.6 is 0 Å². The topological polar surface area (TPSA) is 41.5 Å². The summed E-state index contributed by atoms with van der Waals surface area (Å²) in [4.78, 5) is 0. The zero-order valence-electron chi connectivity index (χ0n) is 16.0. The Morgan fingerprint density at radius 1 is 1.00 bits per heavy atom. The standard InChI is InChI=1S/C23H29NO2/c1-17(25)15-22(24-18(2)26-23(3,4)5)16-19-11-13-21(14-12-19)20-9-7-6-8-10-20/h6-14,22,24-25H,1-2,15-16H2,3-5H3. The van der Waals surface area contributed by atoms with Crippen molar-refractivity contribution in [2.45, 2.75) is 45.3 Å². The molecule has 2 N–H and O–H groups in total. The van der Waals surface area contributed by atoms with Crippen molar-refractivity contribution in [1.82, 2.24) is 5.32 Å². The molecule has 0 bridgehead atoms. The van der Waals surface area contributed by atoms with Gasteiger partial charge < -0.3 is 15.2 Å². The molecule has 3 nitrogen and oxygen atoms in total. The molecule has 3 heteroatoms. The molecule has 0 heterocycles. The summed E-state index contributed by atoms with van der Waals surface area (Å²) in [6.07, 6.45) is 1.17. The van der Waals surface area contributed by atoms with Crippen molar-refractivity contribution in [3.8, 4) is 11.1 Å². The lowest BCUT2D eigenvalue weighted by molar-refractivity contribution is 0.0381. The number of rotatable bonds is 8. The number of nitrogens with one attached hydrogen (secondary N) is 1. The van der Waals surface area contributed by atoms with Gasteiger partial charge in [0.1, 0.15) is 5.60 Å². The molecule has 0 aromatic heterocycles. The van der Waals surface area contributed by atoms with Crippen molar-refractivity contribution in [3.05, 3.63) is 85.0 Å². The fourth-order valence-corrected chi connectivity index (χ4v) is 2.83. The summed E-state index contributed by atoms with van der Waals surface area (Å²) in [5.41, 5.74) is 3.24. The molecule has 2 rings (SSSR count). The maximum atomic E-state index is 9.63. The number of hydrogen-bond acceptors (Lipinski definition) is 3. The first-order valence-electron chi connectivity index (χ1n) is 8.88. The first-order chi connectivity index (χ1) is 12.2. The summed E-state index contributed by atoms with van der Waals surface area (Å²) in [6, 6.07) is 18.7. The second-order valence-corrected chi connectivity index (χ2v) is 7.52. The first-order valence-corrected chi connectivity index (χ1v) is 8.88. The third kappa shape index (κ3) is 6.67. The molecule has 1 atom stereocenters. The lowest BCUT2D eigenvalue weighted by Crippen LogP contribution is -2.34. The predicted octanol–water partition coefficient (Wildman–Crippen LogP) is 5.60. The molecule has 0 saturated carbocycles. The van der Waals surface area contributed by atoms with E-state index >= 15 is 0 Å². The molecule has 138 valence electrons. The minimum Gasteiger partial charge on any atom is -0.513 e. The second-order valence-electron chi connectivity index (χ2n) is 7.52. The zero-order chi connectivity index (χ0) is 19.2. The zero-order valence-corrected chi connectivity index (χ0v) is 16.0. The highest BCUT2D eigenvalue weighted by atomic mass is 16.5. The summed E-state index contributed by atoms with van der Waals surface area (Å²) in [5.74, 6) is 0.650. The van der Waals surface area contributed by atoms with Crippen molar-refractivity contribution < 1.29 is 9.84 Å². The van der Waals surface area contributed by atoms with E-state index in [0.29, 0.717) is 12.3 Å². The average molecular weight is 351 g/mol. The molecule has 0 saturated heterocycles. The molecule has 0 aliphatic heterocycles. The normalized spacial score (nSPS) is 12.3. The van der Waals surface area contributed by atoms with Gasteiger partial charge in [-0.05, 0) is 50.5 Å². The highest BCUT2D eigenvalue weighted by Gasteiger charge is 2.17. The summed E-state index contributed by atoms with van der Waals surface area (Å²) >= 11 is 0. The fraction of sp³-hybridized carbons (Fsp3) is 0.304. The van der Waals surface area contributed by atoms with Crippen LogP contribution in [0.1, 0.15) is 32.8 Å². The van der Waals surface area contributed by atoms with E-state index < -0.39 is 0 Å². The third-order valence-electron chi connectivity index (χ3n) is 3.82. The molecule has 0 spiro atoms.